The van der Waals surface area contributed by atoms with Crippen LogP contribution in [0.3, 0.4) is 0 Å². The van der Waals surface area contributed by atoms with Crippen LogP contribution in [-0.4, -0.2) is 29.6 Å². The Labute approximate surface area is 150 Å². The molecule has 2 heterocycles. The molecule has 2 aliphatic rings. The number of hydrogen-bond donors (Lipinski definition) is 1. The van der Waals surface area contributed by atoms with Crippen LogP contribution in [0.15, 0.2) is 54.6 Å². The molecule has 1 spiro atoms. The summed E-state index contributed by atoms with van der Waals surface area (Å²) in [5.74, 6) is 0. The zero-order valence-corrected chi connectivity index (χ0v) is 14.7. The number of aliphatic hydroxyl groups is 1. The van der Waals surface area contributed by atoms with Crippen LogP contribution in [0, 0.1) is 0 Å². The number of ether oxygens (including phenoxy) is 1. The lowest BCUT2D eigenvalue weighted by Crippen LogP contribution is -2.42. The first-order valence-corrected chi connectivity index (χ1v) is 9.45. The highest BCUT2D eigenvalue weighted by atomic mass is 16.5. The summed E-state index contributed by atoms with van der Waals surface area (Å²) in [6.45, 7) is 3.98. The van der Waals surface area contributed by atoms with Crippen molar-refractivity contribution in [2.45, 2.75) is 44.0 Å². The predicted octanol–water partition coefficient (Wildman–Crippen LogP) is 4.02. The van der Waals surface area contributed by atoms with Crippen LogP contribution in [-0.2, 0) is 16.9 Å². The van der Waals surface area contributed by atoms with Crippen molar-refractivity contribution in [3.63, 3.8) is 0 Å². The monoisotopic (exact) mass is 337 g/mol. The van der Waals surface area contributed by atoms with Gasteiger partial charge in [0.2, 0.25) is 0 Å². The topological polar surface area (TPSA) is 32.7 Å². The number of piperidine rings is 1. The Hall–Kier alpha value is -1.68. The lowest BCUT2D eigenvalue weighted by molar-refractivity contribution is -0.0790. The molecule has 1 fully saturated rings. The molecule has 0 bridgehead atoms. The van der Waals surface area contributed by atoms with E-state index in [4.69, 9.17) is 4.74 Å². The molecule has 1 atom stereocenters. The molecule has 132 valence electrons. The molecule has 0 radical (unpaired) electrons. The summed E-state index contributed by atoms with van der Waals surface area (Å²) >= 11 is 0. The van der Waals surface area contributed by atoms with Gasteiger partial charge in [0.1, 0.15) is 0 Å². The second-order valence-corrected chi connectivity index (χ2v) is 7.35. The molecule has 1 unspecified atom stereocenters. The van der Waals surface area contributed by atoms with Gasteiger partial charge in [0.15, 0.2) is 0 Å². The zero-order chi connectivity index (χ0) is 17.1. The van der Waals surface area contributed by atoms with E-state index in [0.29, 0.717) is 0 Å². The first kappa shape index (κ1) is 16.8. The third kappa shape index (κ3) is 3.50. The highest BCUT2D eigenvalue weighted by Crippen LogP contribution is 2.43. The van der Waals surface area contributed by atoms with Crippen molar-refractivity contribution in [2.75, 3.05) is 19.6 Å². The van der Waals surface area contributed by atoms with Gasteiger partial charge < -0.3 is 14.7 Å². The summed E-state index contributed by atoms with van der Waals surface area (Å²) in [6, 6.07) is 18.7. The summed E-state index contributed by atoms with van der Waals surface area (Å²) in [5.41, 5.74) is 3.75. The Morgan fingerprint density at radius 1 is 1.00 bits per heavy atom. The van der Waals surface area contributed by atoms with E-state index in [1.807, 2.05) is 30.3 Å². The van der Waals surface area contributed by atoms with Gasteiger partial charge in [0.25, 0.3) is 0 Å². The molecule has 0 aliphatic carbocycles. The van der Waals surface area contributed by atoms with Gasteiger partial charge in [0, 0.05) is 13.1 Å². The summed E-state index contributed by atoms with van der Waals surface area (Å²) in [5, 5.41) is 10.3. The molecule has 1 N–H and O–H groups in total. The number of aliphatic hydroxyl groups excluding tert-OH is 1. The van der Waals surface area contributed by atoms with E-state index in [0.717, 1.165) is 57.5 Å². The quantitative estimate of drug-likeness (QED) is 0.894. The van der Waals surface area contributed by atoms with Crippen LogP contribution in [0.1, 0.15) is 48.5 Å². The average molecular weight is 337 g/mol. The second kappa shape index (κ2) is 7.28. The molecule has 2 aromatic carbocycles. The predicted molar refractivity (Wildman–Crippen MR) is 99.2 cm³/mol. The summed E-state index contributed by atoms with van der Waals surface area (Å²) < 4.78 is 6.23. The number of benzene rings is 2. The van der Waals surface area contributed by atoms with Crippen LogP contribution < -0.4 is 0 Å². The third-order valence-corrected chi connectivity index (χ3v) is 5.81. The molecule has 0 saturated carbocycles. The number of hydrogen-bond acceptors (Lipinski definition) is 3. The van der Waals surface area contributed by atoms with Gasteiger partial charge in [-0.1, -0.05) is 54.6 Å². The second-order valence-electron chi connectivity index (χ2n) is 7.35. The first-order chi connectivity index (χ1) is 12.3. The Morgan fingerprint density at radius 2 is 1.72 bits per heavy atom. The van der Waals surface area contributed by atoms with Crippen LogP contribution >= 0.6 is 0 Å². The fourth-order valence-electron chi connectivity index (χ4n) is 4.29. The lowest BCUT2D eigenvalue weighted by Gasteiger charge is -2.39. The van der Waals surface area contributed by atoms with Gasteiger partial charge in [-0.2, -0.15) is 0 Å². The lowest BCUT2D eigenvalue weighted by atomic mass is 9.84. The van der Waals surface area contributed by atoms with Gasteiger partial charge in [-0.05, 0) is 48.9 Å². The fourth-order valence-corrected chi connectivity index (χ4v) is 4.29. The normalized spacial score (nSPS) is 20.5. The molecular formula is C22H27NO2. The summed E-state index contributed by atoms with van der Waals surface area (Å²) in [4.78, 5) is 2.52. The molecule has 3 heteroatoms. The molecule has 1 saturated heterocycles. The van der Waals surface area contributed by atoms with E-state index >= 15 is 0 Å². The maximum Gasteiger partial charge on any atom is 0.0963 e. The summed E-state index contributed by atoms with van der Waals surface area (Å²) in [6.07, 6.45) is 3.66. The van der Waals surface area contributed by atoms with Crippen molar-refractivity contribution in [1.29, 1.82) is 0 Å². The van der Waals surface area contributed by atoms with Crippen LogP contribution in [0.5, 0.6) is 0 Å². The van der Waals surface area contributed by atoms with E-state index in [-0.39, 0.29) is 11.7 Å². The SMILES string of the molecule is OC(CCCN1CCC2(CC1)OCc1ccccc12)c1ccccc1. The minimum Gasteiger partial charge on any atom is -0.388 e. The fraction of sp³-hybridized carbons (Fsp3) is 0.455. The maximum absolute atomic E-state index is 10.3. The van der Waals surface area contributed by atoms with E-state index < -0.39 is 0 Å². The van der Waals surface area contributed by atoms with Gasteiger partial charge in [-0.3, -0.25) is 0 Å². The number of rotatable bonds is 5. The first-order valence-electron chi connectivity index (χ1n) is 9.45. The zero-order valence-electron chi connectivity index (χ0n) is 14.7. The van der Waals surface area contributed by atoms with Crippen LogP contribution in [0.4, 0.5) is 0 Å². The largest absolute Gasteiger partial charge is 0.388 e. The smallest absolute Gasteiger partial charge is 0.0963 e. The average Bonchev–Trinajstić information content (AvgIpc) is 3.03. The minimum absolute atomic E-state index is 0.0450. The van der Waals surface area contributed by atoms with Gasteiger partial charge in [0.05, 0.1) is 18.3 Å². The number of likely N-dealkylation sites (tertiary alicyclic amines) is 1. The van der Waals surface area contributed by atoms with Crippen molar-refractivity contribution in [1.82, 2.24) is 4.90 Å². The van der Waals surface area contributed by atoms with E-state index in [9.17, 15) is 5.11 Å². The standard InChI is InChI=1S/C22H27NO2/c24-21(18-7-2-1-3-8-18)11-6-14-23-15-12-22(13-16-23)20-10-5-4-9-19(20)17-25-22/h1-5,7-10,21,24H,6,11-17H2. The van der Waals surface area contributed by atoms with E-state index in [1.165, 1.54) is 11.1 Å². The minimum atomic E-state index is -0.345. The van der Waals surface area contributed by atoms with Gasteiger partial charge in [-0.15, -0.1) is 0 Å². The van der Waals surface area contributed by atoms with Crippen LogP contribution in [0.25, 0.3) is 0 Å². The number of fused-ring (bicyclic) bond motifs is 2. The maximum atomic E-state index is 10.3. The van der Waals surface area contributed by atoms with Crippen LogP contribution in [0.2, 0.25) is 0 Å². The molecular weight excluding hydrogens is 310 g/mol. The van der Waals surface area contributed by atoms with Crippen molar-refractivity contribution in [3.05, 3.63) is 71.3 Å². The van der Waals surface area contributed by atoms with Crippen molar-refractivity contribution in [2.24, 2.45) is 0 Å². The van der Waals surface area contributed by atoms with Crippen molar-refractivity contribution >= 4 is 0 Å². The Bertz CT molecular complexity index is 692. The van der Waals surface area contributed by atoms with Crippen molar-refractivity contribution < 1.29 is 9.84 Å². The molecule has 4 rings (SSSR count). The summed E-state index contributed by atoms with van der Waals surface area (Å²) in [7, 11) is 0. The molecule has 2 aliphatic heterocycles. The highest BCUT2D eigenvalue weighted by molar-refractivity contribution is 5.35. The van der Waals surface area contributed by atoms with Crippen molar-refractivity contribution in [3.8, 4) is 0 Å². The van der Waals surface area contributed by atoms with E-state index in [1.54, 1.807) is 0 Å². The molecule has 3 nitrogen and oxygen atoms in total. The number of nitrogens with zero attached hydrogens (tertiary/aromatic N) is 1. The molecule has 25 heavy (non-hydrogen) atoms. The molecule has 0 aromatic heterocycles. The van der Waals surface area contributed by atoms with Gasteiger partial charge in [-0.25, -0.2) is 0 Å². The molecule has 2 aromatic rings. The van der Waals surface area contributed by atoms with Gasteiger partial charge >= 0.3 is 0 Å². The highest BCUT2D eigenvalue weighted by Gasteiger charge is 2.42. The Morgan fingerprint density at radius 3 is 2.52 bits per heavy atom. The molecule has 0 amide bonds. The van der Waals surface area contributed by atoms with E-state index in [2.05, 4.69) is 29.2 Å². The Balaban J connectivity index is 1.26. The third-order valence-electron chi connectivity index (χ3n) is 5.81. The Kier molecular flexibility index (Phi) is 4.89.